The molecule has 4 aliphatic rings. The fraction of sp³-hybridized carbons (Fsp3) is 0.300. The van der Waals surface area contributed by atoms with Gasteiger partial charge in [0.25, 0.3) is 0 Å². The molecule has 0 saturated carbocycles. The van der Waals surface area contributed by atoms with Crippen molar-refractivity contribution in [2.45, 2.75) is 49.8 Å². The summed E-state index contributed by atoms with van der Waals surface area (Å²) in [5.74, 6) is -3.28. The number of phenolic OH excluding ortho intramolecular Hbond substituents is 2. The van der Waals surface area contributed by atoms with E-state index < -0.39 is 49.7 Å². The number of hydrogen-bond donors (Lipinski definition) is 10. The summed E-state index contributed by atoms with van der Waals surface area (Å²) in [7, 11) is 0. The van der Waals surface area contributed by atoms with Gasteiger partial charge in [-0.05, 0) is 71.5 Å². The van der Waals surface area contributed by atoms with E-state index in [1.165, 1.54) is 46.2 Å². The van der Waals surface area contributed by atoms with E-state index in [9.17, 15) is 59.7 Å². The molecule has 0 spiro atoms. The topological polar surface area (TPSA) is 326 Å². The molecule has 64 heavy (non-hydrogen) atoms. The van der Waals surface area contributed by atoms with Crippen molar-refractivity contribution in [3.8, 4) is 34.5 Å². The number of hydrogen-bond acceptors (Lipinski definition) is 16. The Morgan fingerprint density at radius 2 is 0.906 bits per heavy atom. The molecule has 0 bridgehead atoms. The standard InChI is InChI=1S/2C20H22BN2O8.2Na/c2*22-17(11-1-4-13(24)5-2-11)19(25)23-9-14(10-23)30-15-6-3-12-7-8-21(28,29)31-18(12)16(15)20(26)27;;/h2*1-6,14,17,24,28-29H,7-10,22H2,(H,26,27);;/q2*-1;2*+1. The first-order chi connectivity index (χ1) is 29.3. The second-order valence-electron chi connectivity index (χ2n) is 15.6. The third-order valence-corrected chi connectivity index (χ3v) is 11.0. The summed E-state index contributed by atoms with van der Waals surface area (Å²) in [6.07, 6.45) is -0.406. The SMILES string of the molecule is NC(C(=O)N1CC(Oc2ccc3c(c2C(=O)O)O[B-](O)(O)CC3)C1)c1ccc(O)cc1.NC(C(=O)N1CC(Oc2ccc3c(c2C(=O)O)O[B-](O)(O)CC3)C1)c1ccc(O)cc1.[Na+].[Na+]. The number of aryl methyl sites for hydroxylation is 2. The van der Waals surface area contributed by atoms with Gasteiger partial charge in [0.05, 0.1) is 37.7 Å². The van der Waals surface area contributed by atoms with Crippen molar-refractivity contribution >= 4 is 37.3 Å². The number of carboxylic acids is 2. The van der Waals surface area contributed by atoms with Gasteiger partial charge in [0.2, 0.25) is 11.8 Å². The Hall–Kier alpha value is -4.55. The van der Waals surface area contributed by atoms with Crippen LogP contribution >= 0.6 is 0 Å². The summed E-state index contributed by atoms with van der Waals surface area (Å²) in [6.45, 7) is -5.37. The molecule has 328 valence electrons. The van der Waals surface area contributed by atoms with Gasteiger partial charge in [-0.3, -0.25) is 9.59 Å². The monoisotopic (exact) mass is 904 g/mol. The third-order valence-electron chi connectivity index (χ3n) is 11.0. The van der Waals surface area contributed by atoms with Crippen LogP contribution in [0.1, 0.15) is 55.1 Å². The zero-order valence-electron chi connectivity index (χ0n) is 34.9. The summed E-state index contributed by atoms with van der Waals surface area (Å²) in [5, 5.41) is 77.2. The van der Waals surface area contributed by atoms with Gasteiger partial charge >= 0.3 is 84.6 Å². The second kappa shape index (κ2) is 20.3. The molecule has 4 aromatic rings. The molecule has 0 aromatic heterocycles. The van der Waals surface area contributed by atoms with Crippen molar-refractivity contribution in [1.29, 1.82) is 0 Å². The number of carbonyl (C=O) groups excluding carboxylic acids is 2. The van der Waals surface area contributed by atoms with Gasteiger partial charge < -0.3 is 80.6 Å². The molecule has 4 aliphatic heterocycles. The molecule has 4 aromatic carbocycles. The molecule has 20 nitrogen and oxygen atoms in total. The summed E-state index contributed by atoms with van der Waals surface area (Å²) < 4.78 is 21.8. The van der Waals surface area contributed by atoms with Gasteiger partial charge in [0, 0.05) is 0 Å². The fourth-order valence-corrected chi connectivity index (χ4v) is 7.45. The maximum absolute atomic E-state index is 12.6. The van der Waals surface area contributed by atoms with E-state index in [0.717, 1.165) is 0 Å². The van der Waals surface area contributed by atoms with Gasteiger partial charge in [-0.1, -0.05) is 49.0 Å². The quantitative estimate of drug-likeness (QED) is 0.0664. The zero-order chi connectivity index (χ0) is 44.7. The van der Waals surface area contributed by atoms with Crippen LogP contribution in [0.3, 0.4) is 0 Å². The molecular weight excluding hydrogens is 860 g/mol. The maximum atomic E-state index is 12.6. The molecule has 0 aliphatic carbocycles. The van der Waals surface area contributed by atoms with Crippen molar-refractivity contribution < 1.29 is 138 Å². The Kier molecular flexibility index (Phi) is 16.0. The van der Waals surface area contributed by atoms with Crippen LogP contribution in [0.4, 0.5) is 0 Å². The molecule has 2 atom stereocenters. The normalized spacial score (nSPS) is 17.8. The Labute approximate surface area is 409 Å². The Bertz CT molecular complexity index is 2220. The summed E-state index contributed by atoms with van der Waals surface area (Å²) >= 11 is 0. The van der Waals surface area contributed by atoms with Gasteiger partial charge in [-0.25, -0.2) is 9.59 Å². The number of phenols is 2. The minimum atomic E-state index is -3.12. The number of carbonyl (C=O) groups is 4. The van der Waals surface area contributed by atoms with Crippen molar-refractivity contribution in [1.82, 2.24) is 9.80 Å². The Balaban J connectivity index is 0.000000234. The molecule has 2 saturated heterocycles. The van der Waals surface area contributed by atoms with E-state index in [0.29, 0.717) is 22.3 Å². The summed E-state index contributed by atoms with van der Waals surface area (Å²) in [4.78, 5) is 51.8. The van der Waals surface area contributed by atoms with Crippen molar-refractivity contribution in [3.63, 3.8) is 0 Å². The maximum Gasteiger partial charge on any atom is 1.00 e. The Morgan fingerprint density at radius 1 is 0.578 bits per heavy atom. The number of nitrogens with two attached hydrogens (primary N) is 2. The Morgan fingerprint density at radius 3 is 1.22 bits per heavy atom. The number of benzene rings is 4. The van der Waals surface area contributed by atoms with Crippen LogP contribution < -0.4 is 89.4 Å². The number of nitrogens with zero attached hydrogens (tertiary/aromatic N) is 2. The van der Waals surface area contributed by atoms with Gasteiger partial charge in [0.1, 0.15) is 58.4 Å². The van der Waals surface area contributed by atoms with E-state index >= 15 is 0 Å². The van der Waals surface area contributed by atoms with Crippen LogP contribution in [0.15, 0.2) is 72.8 Å². The first kappa shape index (κ1) is 50.4. The molecule has 24 heteroatoms. The smallest absolute Gasteiger partial charge is 0.669 e. The number of amides is 2. The predicted molar refractivity (Wildman–Crippen MR) is 218 cm³/mol. The van der Waals surface area contributed by atoms with Crippen LogP contribution in [-0.4, -0.2) is 126 Å². The van der Waals surface area contributed by atoms with Gasteiger partial charge in [-0.15, -0.1) is 0 Å². The van der Waals surface area contributed by atoms with Crippen LogP contribution in [0.25, 0.3) is 0 Å². The van der Waals surface area contributed by atoms with Crippen LogP contribution in [0, 0.1) is 0 Å². The van der Waals surface area contributed by atoms with Gasteiger partial charge in [-0.2, -0.15) is 0 Å². The number of aromatic hydroxyl groups is 2. The first-order valence-electron chi connectivity index (χ1n) is 19.7. The molecule has 2 fully saturated rings. The zero-order valence-corrected chi connectivity index (χ0v) is 38.9. The van der Waals surface area contributed by atoms with E-state index in [2.05, 4.69) is 0 Å². The predicted octanol–water partition coefficient (Wildman–Crippen LogP) is -5.52. The second-order valence-corrected chi connectivity index (χ2v) is 15.6. The van der Waals surface area contributed by atoms with E-state index in [1.54, 1.807) is 36.4 Å². The number of likely N-dealkylation sites (tertiary alicyclic amines) is 2. The summed E-state index contributed by atoms with van der Waals surface area (Å²) in [5.41, 5.74) is 13.7. The minimum absolute atomic E-state index is 0. The largest absolute Gasteiger partial charge is 1.00 e. The number of fused-ring (bicyclic) bond motifs is 2. The average Bonchev–Trinajstić information content (AvgIpc) is 3.18. The number of rotatable bonds is 10. The molecule has 0 radical (unpaired) electrons. The molecule has 2 unspecified atom stereocenters. The van der Waals surface area contributed by atoms with E-state index in [1.807, 2.05) is 0 Å². The van der Waals surface area contributed by atoms with Crippen molar-refractivity contribution in [3.05, 3.63) is 106 Å². The molecular formula is C40H44B2N4Na2O16. The van der Waals surface area contributed by atoms with Crippen molar-refractivity contribution in [2.24, 2.45) is 11.5 Å². The van der Waals surface area contributed by atoms with Crippen LogP contribution in [-0.2, 0) is 22.4 Å². The van der Waals surface area contributed by atoms with E-state index in [4.69, 9.17) is 30.2 Å². The fourth-order valence-electron chi connectivity index (χ4n) is 7.45. The number of carboxylic acid groups (broad SMARTS) is 2. The minimum Gasteiger partial charge on any atom is -0.669 e. The number of ether oxygens (including phenoxy) is 2. The van der Waals surface area contributed by atoms with Crippen LogP contribution in [0.2, 0.25) is 12.6 Å². The molecule has 12 N–H and O–H groups in total. The van der Waals surface area contributed by atoms with Crippen LogP contribution in [0.5, 0.6) is 34.5 Å². The molecule has 4 heterocycles. The molecule has 2 amide bonds. The van der Waals surface area contributed by atoms with Gasteiger partial charge in [0.15, 0.2) is 0 Å². The van der Waals surface area contributed by atoms with Crippen molar-refractivity contribution in [2.75, 3.05) is 26.2 Å². The average molecular weight is 904 g/mol. The van der Waals surface area contributed by atoms with E-state index in [-0.39, 0.29) is 168 Å². The third kappa shape index (κ3) is 11.3. The first-order valence-corrected chi connectivity index (χ1v) is 19.7. The molecule has 8 rings (SSSR count). The number of aromatic carboxylic acids is 2. The summed E-state index contributed by atoms with van der Waals surface area (Å²) in [6, 6.07) is 16.6.